The smallest absolute Gasteiger partial charge is 0.231 e. The lowest BCUT2D eigenvalue weighted by Gasteiger charge is -2.23. The number of para-hydroxylation sites is 1. The molecule has 144 valence electrons. The Morgan fingerprint density at radius 1 is 1.25 bits per heavy atom. The number of carbonyl (C=O) groups excluding carboxylic acids is 2. The highest BCUT2D eigenvalue weighted by Gasteiger charge is 2.38. The van der Waals surface area contributed by atoms with Crippen LogP contribution in [0, 0.1) is 5.92 Å². The highest BCUT2D eigenvalue weighted by Crippen LogP contribution is 2.32. The van der Waals surface area contributed by atoms with Crippen molar-refractivity contribution in [3.8, 4) is 11.3 Å². The zero-order valence-corrected chi connectivity index (χ0v) is 16.3. The summed E-state index contributed by atoms with van der Waals surface area (Å²) in [6.07, 6.45) is 6.76. The van der Waals surface area contributed by atoms with Crippen LogP contribution in [0.25, 0.3) is 22.2 Å². The van der Waals surface area contributed by atoms with Crippen LogP contribution in [0.15, 0.2) is 35.8 Å². The van der Waals surface area contributed by atoms with Gasteiger partial charge in [-0.1, -0.05) is 31.0 Å². The van der Waals surface area contributed by atoms with Gasteiger partial charge in [0, 0.05) is 47.1 Å². The van der Waals surface area contributed by atoms with E-state index in [4.69, 9.17) is 0 Å². The number of nitrogens with zero attached hydrogens (tertiary/aromatic N) is 2. The molecule has 2 aliphatic rings. The van der Waals surface area contributed by atoms with Crippen molar-refractivity contribution in [3.05, 3.63) is 35.8 Å². The Balaban J connectivity index is 1.28. The Morgan fingerprint density at radius 3 is 2.93 bits per heavy atom. The molecule has 0 radical (unpaired) electrons. The summed E-state index contributed by atoms with van der Waals surface area (Å²) in [6.45, 7) is 0.538. The van der Waals surface area contributed by atoms with Gasteiger partial charge in [0.25, 0.3) is 0 Å². The van der Waals surface area contributed by atoms with E-state index in [1.54, 1.807) is 0 Å². The number of H-pyrrole nitrogens is 1. The molecular formula is C21H22N4O2S. The van der Waals surface area contributed by atoms with Crippen molar-refractivity contribution >= 4 is 39.2 Å². The number of anilines is 1. The minimum Gasteiger partial charge on any atom is -0.360 e. The molecule has 1 atom stereocenters. The maximum atomic E-state index is 12.7. The summed E-state index contributed by atoms with van der Waals surface area (Å²) >= 11 is 1.41. The molecule has 1 saturated heterocycles. The number of hydrogen-bond donors (Lipinski definition) is 2. The minimum absolute atomic E-state index is 0.103. The Hall–Kier alpha value is -2.67. The van der Waals surface area contributed by atoms with E-state index in [9.17, 15) is 9.59 Å². The van der Waals surface area contributed by atoms with Crippen LogP contribution in [0.1, 0.15) is 32.1 Å². The molecule has 1 aromatic carbocycles. The monoisotopic (exact) mass is 394 g/mol. The van der Waals surface area contributed by atoms with E-state index in [0.717, 1.165) is 35.0 Å². The first kappa shape index (κ1) is 17.4. The summed E-state index contributed by atoms with van der Waals surface area (Å²) in [6, 6.07) is 8.41. The highest BCUT2D eigenvalue weighted by atomic mass is 32.1. The fourth-order valence-electron chi connectivity index (χ4n) is 4.42. The Bertz CT molecular complexity index is 1030. The predicted octanol–water partition coefficient (Wildman–Crippen LogP) is 4.02. The van der Waals surface area contributed by atoms with Gasteiger partial charge in [-0.25, -0.2) is 4.98 Å². The van der Waals surface area contributed by atoms with E-state index in [-0.39, 0.29) is 17.7 Å². The second kappa shape index (κ2) is 7.05. The standard InChI is InChI=1S/C21H22N4O2S/c26-19-9-13(11-25(19)14-5-1-2-6-14)20(27)24-21-23-18(12-28-21)16-10-22-17-8-4-3-7-15(16)17/h3-4,7-8,10,12-14,22H,1-2,5-6,9,11H2,(H,23,24,27). The van der Waals surface area contributed by atoms with Gasteiger partial charge in [-0.2, -0.15) is 0 Å². The molecule has 5 rings (SSSR count). The van der Waals surface area contributed by atoms with Crippen LogP contribution in [0.4, 0.5) is 5.13 Å². The molecule has 3 heterocycles. The highest BCUT2D eigenvalue weighted by molar-refractivity contribution is 7.14. The van der Waals surface area contributed by atoms with Gasteiger partial charge in [-0.15, -0.1) is 11.3 Å². The summed E-state index contributed by atoms with van der Waals surface area (Å²) in [5.41, 5.74) is 2.93. The third kappa shape index (κ3) is 3.09. The van der Waals surface area contributed by atoms with Crippen molar-refractivity contribution in [2.75, 3.05) is 11.9 Å². The second-order valence-electron chi connectivity index (χ2n) is 7.66. The van der Waals surface area contributed by atoms with E-state index < -0.39 is 0 Å². The lowest BCUT2D eigenvalue weighted by atomic mass is 10.1. The van der Waals surface area contributed by atoms with Crippen LogP contribution in [0.3, 0.4) is 0 Å². The van der Waals surface area contributed by atoms with Crippen LogP contribution in [0.5, 0.6) is 0 Å². The molecule has 3 aromatic rings. The first-order chi connectivity index (χ1) is 13.7. The predicted molar refractivity (Wildman–Crippen MR) is 110 cm³/mol. The fraction of sp³-hybridized carbons (Fsp3) is 0.381. The van der Waals surface area contributed by atoms with E-state index in [0.29, 0.717) is 24.1 Å². The summed E-state index contributed by atoms with van der Waals surface area (Å²) < 4.78 is 0. The molecule has 2 N–H and O–H groups in total. The third-order valence-electron chi connectivity index (χ3n) is 5.89. The van der Waals surface area contributed by atoms with Gasteiger partial charge in [-0.3, -0.25) is 9.59 Å². The summed E-state index contributed by atoms with van der Waals surface area (Å²) in [5.74, 6) is -0.270. The van der Waals surface area contributed by atoms with Gasteiger partial charge in [0.15, 0.2) is 5.13 Å². The van der Waals surface area contributed by atoms with Crippen molar-refractivity contribution in [2.24, 2.45) is 5.92 Å². The lowest BCUT2D eigenvalue weighted by molar-refractivity contribution is -0.129. The van der Waals surface area contributed by atoms with Gasteiger partial charge in [0.2, 0.25) is 11.8 Å². The Morgan fingerprint density at radius 2 is 2.07 bits per heavy atom. The summed E-state index contributed by atoms with van der Waals surface area (Å²) in [7, 11) is 0. The zero-order valence-electron chi connectivity index (χ0n) is 15.5. The lowest BCUT2D eigenvalue weighted by Crippen LogP contribution is -2.35. The molecule has 0 spiro atoms. The number of benzene rings is 1. The van der Waals surface area contributed by atoms with Crippen LogP contribution in [0.2, 0.25) is 0 Å². The third-order valence-corrected chi connectivity index (χ3v) is 6.65. The second-order valence-corrected chi connectivity index (χ2v) is 8.52. The van der Waals surface area contributed by atoms with Crippen LogP contribution < -0.4 is 5.32 Å². The van der Waals surface area contributed by atoms with Gasteiger partial charge in [0.1, 0.15) is 0 Å². The Labute approximate surface area is 167 Å². The maximum Gasteiger partial charge on any atom is 0.231 e. The summed E-state index contributed by atoms with van der Waals surface area (Å²) in [5, 5.41) is 6.57. The van der Waals surface area contributed by atoms with Crippen LogP contribution in [-0.2, 0) is 9.59 Å². The van der Waals surface area contributed by atoms with E-state index >= 15 is 0 Å². The average molecular weight is 395 g/mol. The maximum absolute atomic E-state index is 12.7. The number of aromatic amines is 1. The first-order valence-electron chi connectivity index (χ1n) is 9.81. The molecule has 0 bridgehead atoms. The normalized spacial score (nSPS) is 20.4. The topological polar surface area (TPSA) is 78.1 Å². The molecule has 28 heavy (non-hydrogen) atoms. The van der Waals surface area contributed by atoms with Crippen molar-refractivity contribution in [2.45, 2.75) is 38.1 Å². The van der Waals surface area contributed by atoms with Crippen molar-refractivity contribution in [1.82, 2.24) is 14.9 Å². The molecule has 1 aliphatic carbocycles. The molecule has 2 fully saturated rings. The number of rotatable bonds is 4. The van der Waals surface area contributed by atoms with E-state index in [1.807, 2.05) is 34.7 Å². The number of nitrogens with one attached hydrogen (secondary N) is 2. The van der Waals surface area contributed by atoms with E-state index in [1.165, 1.54) is 24.2 Å². The molecular weight excluding hydrogens is 372 g/mol. The molecule has 1 unspecified atom stereocenters. The SMILES string of the molecule is O=C(Nc1nc(-c2c[nH]c3ccccc23)cs1)C1CC(=O)N(C2CCCC2)C1. The number of hydrogen-bond acceptors (Lipinski definition) is 4. The molecule has 7 heteroatoms. The van der Waals surface area contributed by atoms with Crippen molar-refractivity contribution < 1.29 is 9.59 Å². The number of aromatic nitrogens is 2. The number of carbonyl (C=O) groups is 2. The van der Waals surface area contributed by atoms with Crippen LogP contribution in [-0.4, -0.2) is 39.3 Å². The van der Waals surface area contributed by atoms with Crippen molar-refractivity contribution in [1.29, 1.82) is 0 Å². The van der Waals surface area contributed by atoms with Gasteiger partial charge in [-0.05, 0) is 18.9 Å². The number of likely N-dealkylation sites (tertiary alicyclic amines) is 1. The molecule has 2 amide bonds. The van der Waals surface area contributed by atoms with Crippen LogP contribution >= 0.6 is 11.3 Å². The first-order valence-corrected chi connectivity index (χ1v) is 10.7. The Kier molecular flexibility index (Phi) is 4.39. The molecule has 1 aliphatic heterocycles. The van der Waals surface area contributed by atoms with Gasteiger partial charge in [0.05, 0.1) is 11.6 Å². The van der Waals surface area contributed by atoms with Crippen molar-refractivity contribution in [3.63, 3.8) is 0 Å². The number of thiazole rings is 1. The molecule has 6 nitrogen and oxygen atoms in total. The quantitative estimate of drug-likeness (QED) is 0.701. The van der Waals surface area contributed by atoms with Gasteiger partial charge >= 0.3 is 0 Å². The molecule has 1 saturated carbocycles. The average Bonchev–Trinajstić information content (AvgIpc) is 3.47. The number of amides is 2. The summed E-state index contributed by atoms with van der Waals surface area (Å²) in [4.78, 5) is 34.8. The fourth-order valence-corrected chi connectivity index (χ4v) is 5.14. The zero-order chi connectivity index (χ0) is 19.1. The number of fused-ring (bicyclic) bond motifs is 1. The minimum atomic E-state index is -0.284. The van der Waals surface area contributed by atoms with Gasteiger partial charge < -0.3 is 15.2 Å². The van der Waals surface area contributed by atoms with E-state index in [2.05, 4.69) is 21.4 Å². The largest absolute Gasteiger partial charge is 0.360 e. The molecule has 2 aromatic heterocycles.